The van der Waals surface area contributed by atoms with Crippen molar-refractivity contribution in [1.29, 1.82) is 0 Å². The Morgan fingerprint density at radius 2 is 1.83 bits per heavy atom. The maximum absolute atomic E-state index is 12.3. The third-order valence-electron chi connectivity index (χ3n) is 5.20. The number of esters is 1. The summed E-state index contributed by atoms with van der Waals surface area (Å²) in [5, 5.41) is 7.34. The highest BCUT2D eigenvalue weighted by atomic mass is 16.5. The first kappa shape index (κ1) is 24.3. The summed E-state index contributed by atoms with van der Waals surface area (Å²) in [6.07, 6.45) is 6.18. The summed E-state index contributed by atoms with van der Waals surface area (Å²) in [5.74, 6) is 0.659. The lowest BCUT2D eigenvalue weighted by Crippen LogP contribution is -2.27. The van der Waals surface area contributed by atoms with Crippen molar-refractivity contribution < 1.29 is 28.2 Å². The van der Waals surface area contributed by atoms with Crippen LogP contribution in [0.4, 0.5) is 0 Å². The Balaban J connectivity index is 1.51. The van der Waals surface area contributed by atoms with E-state index in [4.69, 9.17) is 23.7 Å². The SMILES string of the molecule is COc1ccc(-c2nn(-c3ccccc3)cc2/C=C/C(=O)OCC(=O)NCc2ccco2)cc1OC. The van der Waals surface area contributed by atoms with Gasteiger partial charge < -0.3 is 23.9 Å². The van der Waals surface area contributed by atoms with Crippen molar-refractivity contribution in [2.45, 2.75) is 6.54 Å². The zero-order valence-corrected chi connectivity index (χ0v) is 19.8. The minimum absolute atomic E-state index is 0.215. The van der Waals surface area contributed by atoms with Crippen LogP contribution < -0.4 is 14.8 Å². The third-order valence-corrected chi connectivity index (χ3v) is 5.20. The van der Waals surface area contributed by atoms with Gasteiger partial charge in [-0.1, -0.05) is 18.2 Å². The summed E-state index contributed by atoms with van der Waals surface area (Å²) in [6.45, 7) is -0.192. The van der Waals surface area contributed by atoms with Crippen LogP contribution in [0.2, 0.25) is 0 Å². The van der Waals surface area contributed by atoms with Crippen LogP contribution in [0.5, 0.6) is 11.5 Å². The van der Waals surface area contributed by atoms with E-state index in [1.807, 2.05) is 42.5 Å². The lowest BCUT2D eigenvalue weighted by atomic mass is 10.1. The molecule has 1 amide bonds. The molecule has 0 bridgehead atoms. The van der Waals surface area contributed by atoms with Gasteiger partial charge in [-0.25, -0.2) is 9.48 Å². The number of aromatic nitrogens is 2. The topological polar surface area (TPSA) is 105 Å². The number of rotatable bonds is 10. The molecule has 36 heavy (non-hydrogen) atoms. The van der Waals surface area contributed by atoms with Gasteiger partial charge in [0.25, 0.3) is 5.91 Å². The van der Waals surface area contributed by atoms with E-state index in [9.17, 15) is 9.59 Å². The first-order valence-electron chi connectivity index (χ1n) is 11.1. The van der Waals surface area contributed by atoms with Gasteiger partial charge >= 0.3 is 5.97 Å². The molecule has 9 heteroatoms. The Morgan fingerprint density at radius 3 is 2.56 bits per heavy atom. The van der Waals surface area contributed by atoms with E-state index in [0.29, 0.717) is 28.5 Å². The molecule has 184 valence electrons. The molecule has 0 atom stereocenters. The van der Waals surface area contributed by atoms with Gasteiger partial charge in [-0.2, -0.15) is 5.10 Å². The molecule has 0 aliphatic carbocycles. The minimum atomic E-state index is -0.658. The maximum Gasteiger partial charge on any atom is 0.331 e. The molecule has 2 heterocycles. The smallest absolute Gasteiger partial charge is 0.331 e. The number of nitrogens with zero attached hydrogens (tertiary/aromatic N) is 2. The van der Waals surface area contributed by atoms with Gasteiger partial charge in [-0.05, 0) is 48.5 Å². The van der Waals surface area contributed by atoms with Crippen molar-refractivity contribution in [3.8, 4) is 28.4 Å². The van der Waals surface area contributed by atoms with E-state index in [2.05, 4.69) is 5.32 Å². The fourth-order valence-corrected chi connectivity index (χ4v) is 3.42. The normalized spacial score (nSPS) is 10.8. The maximum atomic E-state index is 12.3. The van der Waals surface area contributed by atoms with E-state index < -0.39 is 18.5 Å². The van der Waals surface area contributed by atoms with E-state index in [1.165, 1.54) is 12.3 Å². The summed E-state index contributed by atoms with van der Waals surface area (Å²) in [7, 11) is 3.13. The minimum Gasteiger partial charge on any atom is -0.493 e. The van der Waals surface area contributed by atoms with E-state index in [0.717, 1.165) is 11.3 Å². The van der Waals surface area contributed by atoms with Crippen LogP contribution in [0.1, 0.15) is 11.3 Å². The van der Waals surface area contributed by atoms with Crippen molar-refractivity contribution in [3.05, 3.63) is 90.5 Å². The van der Waals surface area contributed by atoms with Gasteiger partial charge in [0.05, 0.1) is 32.7 Å². The van der Waals surface area contributed by atoms with Crippen molar-refractivity contribution >= 4 is 18.0 Å². The summed E-state index contributed by atoms with van der Waals surface area (Å²) < 4.78 is 22.7. The van der Waals surface area contributed by atoms with Crippen LogP contribution in [0.3, 0.4) is 0 Å². The molecule has 1 N–H and O–H groups in total. The molecule has 0 saturated heterocycles. The average molecular weight is 488 g/mol. The standard InChI is InChI=1S/C27H25N3O6/c1-33-23-12-10-19(15-24(23)34-2)27-20(17-30(29-27)21-7-4-3-5-8-21)11-13-26(32)36-18-25(31)28-16-22-9-6-14-35-22/h3-15,17H,16,18H2,1-2H3,(H,28,31)/b13-11+. The van der Waals surface area contributed by atoms with Crippen molar-refractivity contribution in [2.75, 3.05) is 20.8 Å². The Bertz CT molecular complexity index is 1340. The number of hydrogen-bond donors (Lipinski definition) is 1. The molecule has 0 spiro atoms. The monoisotopic (exact) mass is 487 g/mol. The Morgan fingerprint density at radius 1 is 1.03 bits per heavy atom. The molecule has 9 nitrogen and oxygen atoms in total. The zero-order valence-electron chi connectivity index (χ0n) is 19.8. The van der Waals surface area contributed by atoms with Gasteiger partial charge in [0.15, 0.2) is 18.1 Å². The number of hydrogen-bond acceptors (Lipinski definition) is 7. The molecule has 0 fully saturated rings. The number of ether oxygens (including phenoxy) is 3. The quantitative estimate of drug-likeness (QED) is 0.266. The van der Waals surface area contributed by atoms with Gasteiger partial charge in [0, 0.05) is 23.4 Å². The number of amides is 1. The molecule has 0 aliphatic heterocycles. The number of nitrogens with one attached hydrogen (secondary N) is 1. The predicted octanol–water partition coefficient (Wildman–Crippen LogP) is 4.02. The van der Waals surface area contributed by atoms with E-state index in [-0.39, 0.29) is 6.54 Å². The fraction of sp³-hybridized carbons (Fsp3) is 0.148. The van der Waals surface area contributed by atoms with Crippen LogP contribution in [0.25, 0.3) is 23.0 Å². The van der Waals surface area contributed by atoms with Crippen LogP contribution in [0, 0.1) is 0 Å². The number of furan rings is 1. The van der Waals surface area contributed by atoms with Crippen molar-refractivity contribution in [3.63, 3.8) is 0 Å². The number of carbonyl (C=O) groups is 2. The number of para-hydroxylation sites is 1. The van der Waals surface area contributed by atoms with E-state index in [1.54, 1.807) is 49.4 Å². The number of carbonyl (C=O) groups excluding carboxylic acids is 2. The van der Waals surface area contributed by atoms with Gasteiger partial charge in [0.1, 0.15) is 11.5 Å². The lowest BCUT2D eigenvalue weighted by molar-refractivity contribution is -0.143. The van der Waals surface area contributed by atoms with Crippen LogP contribution >= 0.6 is 0 Å². The molecule has 0 radical (unpaired) electrons. The second-order valence-corrected chi connectivity index (χ2v) is 7.58. The second-order valence-electron chi connectivity index (χ2n) is 7.58. The predicted molar refractivity (Wildman–Crippen MR) is 133 cm³/mol. The Labute approximate surface area is 207 Å². The van der Waals surface area contributed by atoms with Gasteiger partial charge in [-0.15, -0.1) is 0 Å². The summed E-state index contributed by atoms with van der Waals surface area (Å²) in [4.78, 5) is 24.2. The van der Waals surface area contributed by atoms with Crippen molar-refractivity contribution in [2.24, 2.45) is 0 Å². The highest BCUT2D eigenvalue weighted by Crippen LogP contribution is 2.33. The average Bonchev–Trinajstić information content (AvgIpc) is 3.60. The summed E-state index contributed by atoms with van der Waals surface area (Å²) in [6, 6.07) is 18.5. The molecule has 4 aromatic rings. The molecule has 2 aromatic heterocycles. The van der Waals surface area contributed by atoms with Gasteiger partial charge in [-0.3, -0.25) is 4.79 Å². The largest absolute Gasteiger partial charge is 0.493 e. The highest BCUT2D eigenvalue weighted by molar-refractivity contribution is 5.90. The fourth-order valence-electron chi connectivity index (χ4n) is 3.42. The van der Waals surface area contributed by atoms with Gasteiger partial charge in [0.2, 0.25) is 0 Å². The summed E-state index contributed by atoms with van der Waals surface area (Å²) in [5.41, 5.74) is 2.92. The molecule has 0 saturated carbocycles. The Kier molecular flexibility index (Phi) is 7.82. The number of methoxy groups -OCH3 is 2. The number of benzene rings is 2. The lowest BCUT2D eigenvalue weighted by Gasteiger charge is -2.09. The van der Waals surface area contributed by atoms with E-state index >= 15 is 0 Å². The van der Waals surface area contributed by atoms with Crippen LogP contribution in [0.15, 0.2) is 83.6 Å². The molecule has 0 unspecified atom stereocenters. The summed E-state index contributed by atoms with van der Waals surface area (Å²) >= 11 is 0. The molecular weight excluding hydrogens is 462 g/mol. The zero-order chi connectivity index (χ0) is 25.3. The Hall–Kier alpha value is -4.79. The molecular formula is C27H25N3O6. The first-order chi connectivity index (χ1) is 17.6. The molecule has 2 aromatic carbocycles. The highest BCUT2D eigenvalue weighted by Gasteiger charge is 2.14. The molecule has 4 rings (SSSR count). The van der Waals surface area contributed by atoms with Crippen LogP contribution in [-0.4, -0.2) is 42.5 Å². The molecule has 0 aliphatic rings. The first-order valence-corrected chi connectivity index (χ1v) is 11.1. The van der Waals surface area contributed by atoms with Crippen molar-refractivity contribution in [1.82, 2.24) is 15.1 Å². The third kappa shape index (κ3) is 6.01. The second kappa shape index (κ2) is 11.6. The van der Waals surface area contributed by atoms with Crippen LogP contribution in [-0.2, 0) is 20.9 Å².